The van der Waals surface area contributed by atoms with Crippen molar-refractivity contribution in [1.82, 2.24) is 0 Å². The van der Waals surface area contributed by atoms with Crippen LogP contribution in [0.25, 0.3) is 21.7 Å². The number of aliphatic hydroxyl groups is 4. The molecule has 30 heavy (non-hydrogen) atoms. The Balaban J connectivity index is 1.87. The summed E-state index contributed by atoms with van der Waals surface area (Å²) in [4.78, 5) is 12.2. The van der Waals surface area contributed by atoms with E-state index in [1.165, 1.54) is 18.2 Å². The summed E-state index contributed by atoms with van der Waals surface area (Å²) in [5.74, 6) is -0.488. The minimum absolute atomic E-state index is 0.00889. The Kier molecular flexibility index (Phi) is 5.04. The molecule has 3 aromatic rings. The molecule has 1 saturated heterocycles. The molecule has 10 heteroatoms. The van der Waals surface area contributed by atoms with Crippen LogP contribution in [-0.2, 0) is 4.74 Å². The first-order valence-electron chi connectivity index (χ1n) is 9.11. The summed E-state index contributed by atoms with van der Waals surface area (Å²) >= 11 is 0. The molecular weight excluding hydrogens is 400 g/mol. The summed E-state index contributed by atoms with van der Waals surface area (Å²) in [7, 11) is 0. The van der Waals surface area contributed by atoms with Crippen LogP contribution in [0.2, 0.25) is 0 Å². The number of aliphatic hydroxyl groups excluding tert-OH is 4. The molecule has 0 amide bonds. The fourth-order valence-electron chi connectivity index (χ4n) is 3.61. The van der Waals surface area contributed by atoms with E-state index in [0.717, 1.165) is 6.07 Å². The van der Waals surface area contributed by atoms with E-state index in [1.807, 2.05) is 0 Å². The van der Waals surface area contributed by atoms with Crippen LogP contribution >= 0.6 is 0 Å². The van der Waals surface area contributed by atoms with Crippen LogP contribution in [0.15, 0.2) is 33.5 Å². The molecule has 0 saturated carbocycles. The molecule has 0 aliphatic carbocycles. The second-order valence-corrected chi connectivity index (χ2v) is 7.18. The third-order valence-electron chi connectivity index (χ3n) is 5.07. The number of ether oxygens (including phenoxy) is 2. The van der Waals surface area contributed by atoms with Gasteiger partial charge in [0.15, 0.2) is 5.43 Å². The number of fused-ring (bicyclic) bond motifs is 2. The van der Waals surface area contributed by atoms with Crippen molar-refractivity contribution in [2.24, 2.45) is 0 Å². The zero-order chi connectivity index (χ0) is 21.7. The number of phenols is 1. The predicted octanol–water partition coefficient (Wildman–Crippen LogP) is -0.155. The van der Waals surface area contributed by atoms with Crippen molar-refractivity contribution >= 4 is 21.7 Å². The lowest BCUT2D eigenvalue weighted by molar-refractivity contribution is -0.277. The van der Waals surface area contributed by atoms with Crippen molar-refractivity contribution in [3.63, 3.8) is 0 Å². The van der Waals surface area contributed by atoms with Crippen LogP contribution in [0, 0.1) is 6.92 Å². The van der Waals surface area contributed by atoms with Gasteiger partial charge < -0.3 is 44.5 Å². The first kappa shape index (κ1) is 20.4. The van der Waals surface area contributed by atoms with E-state index in [-0.39, 0.29) is 33.2 Å². The lowest BCUT2D eigenvalue weighted by Crippen LogP contribution is -2.60. The highest BCUT2D eigenvalue weighted by Crippen LogP contribution is 2.43. The molecule has 0 spiro atoms. The van der Waals surface area contributed by atoms with Gasteiger partial charge in [0.05, 0.1) is 12.0 Å². The fraction of sp³-hybridized carbons (Fsp3) is 0.350. The molecule has 0 bridgehead atoms. The van der Waals surface area contributed by atoms with Crippen LogP contribution in [0.3, 0.4) is 0 Å². The quantitative estimate of drug-likeness (QED) is 0.313. The minimum atomic E-state index is -1.71. The van der Waals surface area contributed by atoms with Gasteiger partial charge in [-0.05, 0) is 24.4 Å². The van der Waals surface area contributed by atoms with Crippen LogP contribution in [0.4, 0.5) is 0 Å². The summed E-state index contributed by atoms with van der Waals surface area (Å²) in [6, 6.07) is 5.02. The van der Waals surface area contributed by atoms with Gasteiger partial charge in [0.2, 0.25) is 6.29 Å². The summed E-state index contributed by atoms with van der Waals surface area (Å²) < 4.78 is 16.4. The van der Waals surface area contributed by atoms with E-state index in [4.69, 9.17) is 13.9 Å². The van der Waals surface area contributed by atoms with Gasteiger partial charge >= 0.3 is 0 Å². The third kappa shape index (κ3) is 3.24. The number of aryl methyl sites for hydroxylation is 1. The topological polar surface area (TPSA) is 170 Å². The Morgan fingerprint density at radius 1 is 1.00 bits per heavy atom. The highest BCUT2D eigenvalue weighted by atomic mass is 16.7. The maximum Gasteiger partial charge on any atom is 0.229 e. The maximum absolute atomic E-state index is 12.2. The van der Waals surface area contributed by atoms with Gasteiger partial charge in [-0.3, -0.25) is 4.79 Å². The van der Waals surface area contributed by atoms with E-state index in [9.17, 15) is 35.4 Å². The van der Waals surface area contributed by atoms with Crippen molar-refractivity contribution in [2.75, 3.05) is 6.61 Å². The summed E-state index contributed by atoms with van der Waals surface area (Å²) in [5.41, 5.74) is -0.348. The lowest BCUT2D eigenvalue weighted by Gasteiger charge is -2.39. The molecular formula is C20H20O10. The van der Waals surface area contributed by atoms with E-state index >= 15 is 0 Å². The molecule has 2 heterocycles. The number of aromatic hydroxyl groups is 2. The normalized spacial score (nSPS) is 26.9. The zero-order valence-electron chi connectivity index (χ0n) is 15.7. The van der Waals surface area contributed by atoms with Gasteiger partial charge in [-0.15, -0.1) is 0 Å². The monoisotopic (exact) mass is 420 g/mol. The van der Waals surface area contributed by atoms with E-state index in [1.54, 1.807) is 6.92 Å². The second-order valence-electron chi connectivity index (χ2n) is 7.18. The average Bonchev–Trinajstić information content (AvgIpc) is 2.67. The molecule has 5 atom stereocenters. The van der Waals surface area contributed by atoms with Gasteiger partial charge in [0.25, 0.3) is 0 Å². The van der Waals surface area contributed by atoms with Gasteiger partial charge in [0, 0.05) is 12.1 Å². The molecule has 5 unspecified atom stereocenters. The Hall–Kier alpha value is -2.89. The van der Waals surface area contributed by atoms with Gasteiger partial charge in [-0.25, -0.2) is 0 Å². The number of rotatable bonds is 3. The minimum Gasteiger partial charge on any atom is -0.507 e. The largest absolute Gasteiger partial charge is 0.507 e. The Morgan fingerprint density at radius 3 is 2.43 bits per heavy atom. The maximum atomic E-state index is 12.2. The van der Waals surface area contributed by atoms with Crippen LogP contribution < -0.4 is 10.2 Å². The molecule has 0 radical (unpaired) electrons. The molecule has 1 aromatic heterocycles. The molecule has 6 N–H and O–H groups in total. The number of benzene rings is 2. The number of phenolic OH excluding ortho intramolecular Hbond substituents is 1. The summed E-state index contributed by atoms with van der Waals surface area (Å²) in [5, 5.41) is 60.7. The lowest BCUT2D eigenvalue weighted by atomic mass is 9.99. The molecule has 4 rings (SSSR count). The summed E-state index contributed by atoms with van der Waals surface area (Å²) in [6.07, 6.45) is -7.73. The van der Waals surface area contributed by atoms with E-state index < -0.39 is 48.5 Å². The predicted molar refractivity (Wildman–Crippen MR) is 102 cm³/mol. The molecule has 1 aliphatic heterocycles. The Morgan fingerprint density at radius 2 is 1.73 bits per heavy atom. The van der Waals surface area contributed by atoms with Crippen LogP contribution in [-0.4, -0.2) is 68.0 Å². The van der Waals surface area contributed by atoms with Gasteiger partial charge in [-0.2, -0.15) is 0 Å². The number of hydrogen-bond donors (Lipinski definition) is 6. The van der Waals surface area contributed by atoms with Gasteiger partial charge in [0.1, 0.15) is 58.4 Å². The Bertz CT molecular complexity index is 1170. The van der Waals surface area contributed by atoms with Gasteiger partial charge in [-0.1, -0.05) is 0 Å². The molecule has 2 aromatic carbocycles. The molecule has 10 nitrogen and oxygen atoms in total. The van der Waals surface area contributed by atoms with Crippen molar-refractivity contribution < 1.29 is 44.5 Å². The van der Waals surface area contributed by atoms with Crippen molar-refractivity contribution in [1.29, 1.82) is 0 Å². The smallest absolute Gasteiger partial charge is 0.229 e. The van der Waals surface area contributed by atoms with Crippen LogP contribution in [0.1, 0.15) is 5.76 Å². The van der Waals surface area contributed by atoms with E-state index in [0.29, 0.717) is 5.76 Å². The molecule has 1 fully saturated rings. The van der Waals surface area contributed by atoms with E-state index in [2.05, 4.69) is 0 Å². The standard InChI is InChI=1S/C20H20O10/c1-7-2-10(23)15-11(28-7)4-8-3-9(22)5-12(14(8)17(15)25)29-20-19(27)18(26)16(24)13(6-21)30-20/h2-5,13,16,18-21,23-27H,6H2,1H3. The van der Waals surface area contributed by atoms with Crippen molar-refractivity contribution in [3.8, 4) is 17.2 Å². The third-order valence-corrected chi connectivity index (χ3v) is 5.07. The SMILES string of the molecule is Cc1cc(O)c2c(O)c3c(OC4OC(CO)C(O)C(O)C4O)cc(=O)cc3cc2o1. The first-order chi connectivity index (χ1) is 14.2. The zero-order valence-corrected chi connectivity index (χ0v) is 15.7. The second kappa shape index (κ2) is 7.42. The van der Waals surface area contributed by atoms with Crippen molar-refractivity contribution in [3.05, 3.63) is 40.2 Å². The van der Waals surface area contributed by atoms with Crippen LogP contribution in [0.5, 0.6) is 17.2 Å². The first-order valence-corrected chi connectivity index (χ1v) is 9.11. The molecule has 1 aliphatic rings. The average molecular weight is 420 g/mol. The number of hydrogen-bond acceptors (Lipinski definition) is 10. The Labute approximate surface area is 168 Å². The highest BCUT2D eigenvalue weighted by molar-refractivity contribution is 6.07. The summed E-state index contributed by atoms with van der Waals surface area (Å²) in [6.45, 7) is 0.954. The van der Waals surface area contributed by atoms with Crippen molar-refractivity contribution in [2.45, 2.75) is 37.6 Å². The fourth-order valence-corrected chi connectivity index (χ4v) is 3.61. The highest BCUT2D eigenvalue weighted by Gasteiger charge is 2.45. The molecule has 160 valence electrons.